The Morgan fingerprint density at radius 3 is 2.89 bits per heavy atom. The van der Waals surface area contributed by atoms with Crippen LogP contribution in [-0.4, -0.2) is 40.4 Å². The van der Waals surface area contributed by atoms with Crippen LogP contribution in [0.4, 0.5) is 0 Å². The summed E-state index contributed by atoms with van der Waals surface area (Å²) < 4.78 is 7.90. The van der Waals surface area contributed by atoms with Crippen molar-refractivity contribution in [3.63, 3.8) is 0 Å². The lowest BCUT2D eigenvalue weighted by Gasteiger charge is -2.14. The van der Waals surface area contributed by atoms with Crippen molar-refractivity contribution >= 4 is 29.9 Å². The largest absolute Gasteiger partial charge is 0.474 e. The molecule has 0 aromatic carbocycles. The first-order valence-corrected chi connectivity index (χ1v) is 9.37. The molecule has 2 N–H and O–H groups in total. The molecule has 0 atom stereocenters. The van der Waals surface area contributed by atoms with Crippen LogP contribution in [0.3, 0.4) is 0 Å². The molecule has 27 heavy (non-hydrogen) atoms. The predicted octanol–water partition coefficient (Wildman–Crippen LogP) is 2.97. The van der Waals surface area contributed by atoms with Gasteiger partial charge in [-0.2, -0.15) is 5.10 Å². The van der Waals surface area contributed by atoms with Crippen LogP contribution >= 0.6 is 24.0 Å². The van der Waals surface area contributed by atoms with Gasteiger partial charge in [0.05, 0.1) is 0 Å². The number of ether oxygens (including phenoxy) is 1. The Balaban J connectivity index is 0.00000261. The molecule has 0 bridgehead atoms. The number of hydrogen-bond acceptors (Lipinski definition) is 4. The fourth-order valence-corrected chi connectivity index (χ4v) is 3.09. The van der Waals surface area contributed by atoms with E-state index in [4.69, 9.17) is 4.74 Å². The maximum atomic E-state index is 5.97. The van der Waals surface area contributed by atoms with Gasteiger partial charge in [0.1, 0.15) is 6.10 Å². The van der Waals surface area contributed by atoms with Crippen molar-refractivity contribution in [2.75, 3.05) is 13.6 Å². The number of hydrogen-bond donors (Lipinski definition) is 2. The molecular weight excluding hydrogens is 455 g/mol. The monoisotopic (exact) mass is 484 g/mol. The van der Waals surface area contributed by atoms with Gasteiger partial charge in [-0.3, -0.25) is 9.67 Å². The van der Waals surface area contributed by atoms with Crippen LogP contribution in [-0.2, 0) is 13.1 Å². The van der Waals surface area contributed by atoms with Crippen LogP contribution in [0.5, 0.6) is 5.88 Å². The van der Waals surface area contributed by atoms with E-state index in [1.54, 1.807) is 13.2 Å². The molecule has 0 amide bonds. The van der Waals surface area contributed by atoms with Gasteiger partial charge in [-0.1, -0.05) is 0 Å². The molecule has 1 saturated carbocycles. The second kappa shape index (κ2) is 11.8. The van der Waals surface area contributed by atoms with E-state index in [0.717, 1.165) is 49.8 Å². The third-order valence-electron chi connectivity index (χ3n) is 4.49. The number of aromatic nitrogens is 3. The number of pyridine rings is 1. The van der Waals surface area contributed by atoms with Crippen molar-refractivity contribution in [1.82, 2.24) is 25.4 Å². The summed E-state index contributed by atoms with van der Waals surface area (Å²) in [5.74, 6) is 1.51. The summed E-state index contributed by atoms with van der Waals surface area (Å²) in [5, 5.41) is 10.9. The lowest BCUT2D eigenvalue weighted by atomic mass is 10.2. The van der Waals surface area contributed by atoms with Crippen LogP contribution in [0.2, 0.25) is 0 Å². The summed E-state index contributed by atoms with van der Waals surface area (Å²) in [6.07, 6.45) is 11.7. The van der Waals surface area contributed by atoms with Crippen LogP contribution in [0, 0.1) is 0 Å². The number of guanidine groups is 1. The Kier molecular flexibility index (Phi) is 9.37. The molecule has 1 aliphatic rings. The van der Waals surface area contributed by atoms with Crippen LogP contribution in [0.25, 0.3) is 0 Å². The van der Waals surface area contributed by atoms with Crippen LogP contribution in [0.15, 0.2) is 41.8 Å². The van der Waals surface area contributed by atoms with E-state index in [0.29, 0.717) is 12.6 Å². The summed E-state index contributed by atoms with van der Waals surface area (Å²) in [5.41, 5.74) is 1.13. The van der Waals surface area contributed by atoms with Crippen molar-refractivity contribution in [3.8, 4) is 5.88 Å². The normalized spacial score (nSPS) is 14.6. The quantitative estimate of drug-likeness (QED) is 0.261. The zero-order valence-corrected chi connectivity index (χ0v) is 18.1. The molecule has 0 aliphatic heterocycles. The molecule has 0 unspecified atom stereocenters. The van der Waals surface area contributed by atoms with E-state index in [2.05, 4.69) is 25.7 Å². The van der Waals surface area contributed by atoms with Crippen LogP contribution < -0.4 is 15.4 Å². The predicted molar refractivity (Wildman–Crippen MR) is 118 cm³/mol. The second-order valence-electron chi connectivity index (χ2n) is 6.50. The summed E-state index contributed by atoms with van der Waals surface area (Å²) >= 11 is 0. The molecule has 2 aromatic rings. The van der Waals surface area contributed by atoms with Crippen LogP contribution in [0.1, 0.15) is 37.7 Å². The standard InChI is InChI=1S/C19H28N6O.HI/c1-20-19(22-9-4-12-25-13-5-10-24-25)23-15-16-8-11-21-18(14-16)26-17-6-2-3-7-17;/h5,8,10-11,13-14,17H,2-4,6-7,9,12,15H2,1H3,(H2,20,22,23);1H. The Bertz CT molecular complexity index is 685. The molecule has 148 valence electrons. The number of nitrogens with one attached hydrogen (secondary N) is 2. The van der Waals surface area contributed by atoms with Crippen molar-refractivity contribution in [3.05, 3.63) is 42.4 Å². The van der Waals surface area contributed by atoms with E-state index in [1.165, 1.54) is 12.8 Å². The topological polar surface area (TPSA) is 76.4 Å². The highest BCUT2D eigenvalue weighted by Crippen LogP contribution is 2.23. The first-order valence-electron chi connectivity index (χ1n) is 9.37. The zero-order valence-electron chi connectivity index (χ0n) is 15.8. The van der Waals surface area contributed by atoms with Gasteiger partial charge in [0, 0.05) is 51.3 Å². The Hall–Kier alpha value is -1.84. The van der Waals surface area contributed by atoms with Gasteiger partial charge >= 0.3 is 0 Å². The number of halogens is 1. The van der Waals surface area contributed by atoms with Crippen molar-refractivity contribution < 1.29 is 4.74 Å². The summed E-state index contributed by atoms with van der Waals surface area (Å²) in [4.78, 5) is 8.60. The second-order valence-corrected chi connectivity index (χ2v) is 6.50. The maximum absolute atomic E-state index is 5.97. The number of aliphatic imine (C=N–C) groups is 1. The van der Waals surface area contributed by atoms with Crippen molar-refractivity contribution in [2.45, 2.75) is 51.3 Å². The molecule has 8 heteroatoms. The molecule has 0 spiro atoms. The molecule has 0 saturated heterocycles. The molecule has 0 radical (unpaired) electrons. The van der Waals surface area contributed by atoms with Gasteiger partial charge in [0.15, 0.2) is 5.96 Å². The average molecular weight is 484 g/mol. The SMILES string of the molecule is CN=C(NCCCn1cccn1)NCc1ccnc(OC2CCCC2)c1.I. The number of rotatable bonds is 8. The molecule has 2 heterocycles. The van der Waals surface area contributed by atoms with Gasteiger partial charge in [-0.15, -0.1) is 24.0 Å². The summed E-state index contributed by atoms with van der Waals surface area (Å²) in [6.45, 7) is 2.41. The molecule has 7 nitrogen and oxygen atoms in total. The van der Waals surface area contributed by atoms with Gasteiger partial charge in [0.25, 0.3) is 0 Å². The van der Waals surface area contributed by atoms with E-state index < -0.39 is 0 Å². The van der Waals surface area contributed by atoms with Gasteiger partial charge in [0.2, 0.25) is 5.88 Å². The number of nitrogens with zero attached hydrogens (tertiary/aromatic N) is 4. The highest BCUT2D eigenvalue weighted by Gasteiger charge is 2.17. The van der Waals surface area contributed by atoms with Crippen molar-refractivity contribution in [2.24, 2.45) is 4.99 Å². The van der Waals surface area contributed by atoms with E-state index in [1.807, 2.05) is 35.3 Å². The smallest absolute Gasteiger partial charge is 0.213 e. The van der Waals surface area contributed by atoms with Gasteiger partial charge in [-0.05, 0) is 49.8 Å². The van der Waals surface area contributed by atoms with Gasteiger partial charge < -0.3 is 15.4 Å². The highest BCUT2D eigenvalue weighted by molar-refractivity contribution is 14.0. The van der Waals surface area contributed by atoms with E-state index in [-0.39, 0.29) is 24.0 Å². The first kappa shape index (κ1) is 21.5. The Morgan fingerprint density at radius 1 is 1.30 bits per heavy atom. The van der Waals surface area contributed by atoms with E-state index >= 15 is 0 Å². The lowest BCUT2D eigenvalue weighted by molar-refractivity contribution is 0.201. The lowest BCUT2D eigenvalue weighted by Crippen LogP contribution is -2.37. The maximum Gasteiger partial charge on any atom is 0.213 e. The Morgan fingerprint density at radius 2 is 2.15 bits per heavy atom. The minimum absolute atomic E-state index is 0. The molecule has 3 rings (SSSR count). The fraction of sp³-hybridized carbons (Fsp3) is 0.526. The molecule has 1 aliphatic carbocycles. The highest BCUT2D eigenvalue weighted by atomic mass is 127. The first-order chi connectivity index (χ1) is 12.8. The summed E-state index contributed by atoms with van der Waals surface area (Å²) in [6, 6.07) is 5.95. The molecular formula is C19H29IN6O. The summed E-state index contributed by atoms with van der Waals surface area (Å²) in [7, 11) is 1.78. The third kappa shape index (κ3) is 7.36. The van der Waals surface area contributed by atoms with Crippen molar-refractivity contribution in [1.29, 1.82) is 0 Å². The van der Waals surface area contributed by atoms with Gasteiger partial charge in [-0.25, -0.2) is 4.98 Å². The third-order valence-corrected chi connectivity index (χ3v) is 4.49. The minimum atomic E-state index is 0. The molecule has 1 fully saturated rings. The minimum Gasteiger partial charge on any atom is -0.474 e. The Labute approximate surface area is 178 Å². The number of aryl methyl sites for hydroxylation is 1. The van der Waals surface area contributed by atoms with E-state index in [9.17, 15) is 0 Å². The average Bonchev–Trinajstić information content (AvgIpc) is 3.35. The zero-order chi connectivity index (χ0) is 18.0. The molecule has 2 aromatic heterocycles. The fourth-order valence-electron chi connectivity index (χ4n) is 3.09.